The van der Waals surface area contributed by atoms with Crippen molar-refractivity contribution >= 4 is 39.3 Å². The van der Waals surface area contributed by atoms with Gasteiger partial charge in [0.25, 0.3) is 0 Å². The lowest BCUT2D eigenvalue weighted by molar-refractivity contribution is -0.126. The van der Waals surface area contributed by atoms with Crippen molar-refractivity contribution in [3.8, 4) is 0 Å². The zero-order valence-electron chi connectivity index (χ0n) is 15.4. The Morgan fingerprint density at radius 1 is 1.19 bits per heavy atom. The molecule has 1 aromatic carbocycles. The summed E-state index contributed by atoms with van der Waals surface area (Å²) in [7, 11) is 0. The number of anilines is 1. The first-order valence-corrected chi connectivity index (χ1v) is 10.5. The lowest BCUT2D eigenvalue weighted by atomic mass is 9.95. The largest absolute Gasteiger partial charge is 0.355 e. The molecule has 3 rings (SSSR count). The first kappa shape index (κ1) is 19.9. The van der Waals surface area contributed by atoms with Crippen molar-refractivity contribution in [1.29, 1.82) is 0 Å². The van der Waals surface area contributed by atoms with Crippen LogP contribution in [-0.2, 0) is 14.4 Å². The predicted molar refractivity (Wildman–Crippen MR) is 107 cm³/mol. The fourth-order valence-electron chi connectivity index (χ4n) is 3.77. The van der Waals surface area contributed by atoms with Gasteiger partial charge in [-0.1, -0.05) is 41.3 Å². The molecule has 2 aliphatic rings. The summed E-state index contributed by atoms with van der Waals surface area (Å²) in [5.41, 5.74) is 0.788. The smallest absolute Gasteiger partial charge is 0.227 e. The SMILES string of the molecule is O=C(CCNC(=O)C1CC(=O)N(c2cccc(Br)c2)C1)NC1CCCCC1. The summed E-state index contributed by atoms with van der Waals surface area (Å²) >= 11 is 3.40. The van der Waals surface area contributed by atoms with E-state index >= 15 is 0 Å². The number of carbonyl (C=O) groups is 3. The monoisotopic (exact) mass is 435 g/mol. The minimum atomic E-state index is -0.377. The van der Waals surface area contributed by atoms with Crippen LogP contribution in [0.4, 0.5) is 5.69 Å². The molecule has 0 bridgehead atoms. The summed E-state index contributed by atoms with van der Waals surface area (Å²) in [5.74, 6) is -0.604. The molecule has 6 nitrogen and oxygen atoms in total. The number of carbonyl (C=O) groups excluding carboxylic acids is 3. The van der Waals surface area contributed by atoms with Crippen LogP contribution < -0.4 is 15.5 Å². The van der Waals surface area contributed by atoms with E-state index in [0.717, 1.165) is 23.0 Å². The molecule has 1 aliphatic carbocycles. The van der Waals surface area contributed by atoms with E-state index < -0.39 is 0 Å². The van der Waals surface area contributed by atoms with Crippen LogP contribution in [0, 0.1) is 5.92 Å². The Kier molecular flexibility index (Phi) is 6.88. The van der Waals surface area contributed by atoms with E-state index in [1.165, 1.54) is 19.3 Å². The van der Waals surface area contributed by atoms with Gasteiger partial charge in [0.1, 0.15) is 0 Å². The highest BCUT2D eigenvalue weighted by Crippen LogP contribution is 2.27. The van der Waals surface area contributed by atoms with Crippen molar-refractivity contribution in [3.63, 3.8) is 0 Å². The van der Waals surface area contributed by atoms with Crippen molar-refractivity contribution in [2.75, 3.05) is 18.0 Å². The Morgan fingerprint density at radius 3 is 2.70 bits per heavy atom. The Labute approximate surface area is 168 Å². The quantitative estimate of drug-likeness (QED) is 0.720. The fourth-order valence-corrected chi connectivity index (χ4v) is 4.15. The second-order valence-corrected chi connectivity index (χ2v) is 8.24. The van der Waals surface area contributed by atoms with E-state index in [1.54, 1.807) is 4.90 Å². The van der Waals surface area contributed by atoms with Gasteiger partial charge in [-0.3, -0.25) is 14.4 Å². The van der Waals surface area contributed by atoms with Crippen molar-refractivity contribution in [3.05, 3.63) is 28.7 Å². The standard InChI is InChI=1S/C20H26BrN3O3/c21-15-5-4-8-17(12-15)24-13-14(11-19(24)26)20(27)22-10-9-18(25)23-16-6-2-1-3-7-16/h4-5,8,12,14,16H,1-3,6-7,9-11,13H2,(H,22,27)(H,23,25). The third-order valence-corrected chi connectivity index (χ3v) is 5.73. The van der Waals surface area contributed by atoms with Crippen LogP contribution in [0.1, 0.15) is 44.9 Å². The molecule has 0 spiro atoms. The molecule has 3 amide bonds. The van der Waals surface area contributed by atoms with Crippen LogP contribution in [0.25, 0.3) is 0 Å². The van der Waals surface area contributed by atoms with Crippen LogP contribution in [0.15, 0.2) is 28.7 Å². The summed E-state index contributed by atoms with van der Waals surface area (Å²) in [4.78, 5) is 38.3. The molecule has 0 radical (unpaired) electrons. The minimum Gasteiger partial charge on any atom is -0.355 e. The average Bonchev–Trinajstić information content (AvgIpc) is 3.04. The van der Waals surface area contributed by atoms with Gasteiger partial charge in [0.15, 0.2) is 0 Å². The number of hydrogen-bond acceptors (Lipinski definition) is 3. The number of rotatable bonds is 6. The fraction of sp³-hybridized carbons (Fsp3) is 0.550. The number of nitrogens with one attached hydrogen (secondary N) is 2. The third kappa shape index (κ3) is 5.54. The van der Waals surface area contributed by atoms with Gasteiger partial charge in [-0.15, -0.1) is 0 Å². The Bertz CT molecular complexity index is 703. The van der Waals surface area contributed by atoms with Crippen molar-refractivity contribution in [2.45, 2.75) is 51.0 Å². The van der Waals surface area contributed by atoms with Crippen LogP contribution >= 0.6 is 15.9 Å². The number of benzene rings is 1. The normalized spacial score (nSPS) is 20.6. The van der Waals surface area contributed by atoms with E-state index in [2.05, 4.69) is 26.6 Å². The van der Waals surface area contributed by atoms with Gasteiger partial charge in [0, 0.05) is 42.1 Å². The molecule has 1 saturated carbocycles. The molecule has 1 saturated heterocycles. The zero-order chi connectivity index (χ0) is 19.2. The van der Waals surface area contributed by atoms with Gasteiger partial charge < -0.3 is 15.5 Å². The Hall–Kier alpha value is -1.89. The van der Waals surface area contributed by atoms with Crippen molar-refractivity contribution < 1.29 is 14.4 Å². The third-order valence-electron chi connectivity index (χ3n) is 5.24. The molecule has 146 valence electrons. The molecule has 2 N–H and O–H groups in total. The van der Waals surface area contributed by atoms with Crippen molar-refractivity contribution in [2.24, 2.45) is 5.92 Å². The van der Waals surface area contributed by atoms with E-state index in [9.17, 15) is 14.4 Å². The van der Waals surface area contributed by atoms with Crippen LogP contribution in [0.3, 0.4) is 0 Å². The number of hydrogen-bond donors (Lipinski definition) is 2. The van der Waals surface area contributed by atoms with Crippen LogP contribution in [0.2, 0.25) is 0 Å². The molecule has 27 heavy (non-hydrogen) atoms. The van der Waals surface area contributed by atoms with Gasteiger partial charge >= 0.3 is 0 Å². The second-order valence-electron chi connectivity index (χ2n) is 7.33. The van der Waals surface area contributed by atoms with Gasteiger partial charge in [-0.05, 0) is 31.0 Å². The molecular formula is C20H26BrN3O3. The summed E-state index contributed by atoms with van der Waals surface area (Å²) < 4.78 is 0.893. The van der Waals surface area contributed by atoms with E-state index in [1.807, 2.05) is 24.3 Å². The van der Waals surface area contributed by atoms with Crippen LogP contribution in [0.5, 0.6) is 0 Å². The number of nitrogens with zero attached hydrogens (tertiary/aromatic N) is 1. The van der Waals surface area contributed by atoms with Gasteiger partial charge in [0.05, 0.1) is 5.92 Å². The number of amides is 3. The van der Waals surface area contributed by atoms with Crippen LogP contribution in [-0.4, -0.2) is 36.9 Å². The highest BCUT2D eigenvalue weighted by atomic mass is 79.9. The lowest BCUT2D eigenvalue weighted by Crippen LogP contribution is -2.39. The van der Waals surface area contributed by atoms with E-state index in [-0.39, 0.29) is 42.5 Å². The maximum Gasteiger partial charge on any atom is 0.227 e. The highest BCUT2D eigenvalue weighted by molar-refractivity contribution is 9.10. The molecule has 1 aliphatic heterocycles. The summed E-state index contributed by atoms with van der Waals surface area (Å²) in [6.45, 7) is 0.675. The molecule has 2 fully saturated rings. The minimum absolute atomic E-state index is 0.0135. The van der Waals surface area contributed by atoms with E-state index in [0.29, 0.717) is 13.1 Å². The average molecular weight is 436 g/mol. The summed E-state index contributed by atoms with van der Waals surface area (Å²) in [6, 6.07) is 7.78. The first-order chi connectivity index (χ1) is 13.0. The Morgan fingerprint density at radius 2 is 1.96 bits per heavy atom. The molecule has 1 unspecified atom stereocenters. The molecule has 1 atom stereocenters. The second kappa shape index (κ2) is 9.35. The highest BCUT2D eigenvalue weighted by Gasteiger charge is 2.35. The molecule has 1 heterocycles. The van der Waals surface area contributed by atoms with Crippen molar-refractivity contribution in [1.82, 2.24) is 10.6 Å². The zero-order valence-corrected chi connectivity index (χ0v) is 17.0. The maximum atomic E-state index is 12.4. The topological polar surface area (TPSA) is 78.5 Å². The molecular weight excluding hydrogens is 410 g/mol. The first-order valence-electron chi connectivity index (χ1n) is 9.66. The lowest BCUT2D eigenvalue weighted by Gasteiger charge is -2.22. The predicted octanol–water partition coefficient (Wildman–Crippen LogP) is 2.76. The van der Waals surface area contributed by atoms with Gasteiger partial charge in [-0.25, -0.2) is 0 Å². The van der Waals surface area contributed by atoms with Gasteiger partial charge in [0.2, 0.25) is 17.7 Å². The van der Waals surface area contributed by atoms with Gasteiger partial charge in [-0.2, -0.15) is 0 Å². The number of halogens is 1. The maximum absolute atomic E-state index is 12.4. The summed E-state index contributed by atoms with van der Waals surface area (Å²) in [6.07, 6.45) is 6.17. The Balaban J connectivity index is 1.42. The molecule has 0 aromatic heterocycles. The van der Waals surface area contributed by atoms with E-state index in [4.69, 9.17) is 0 Å². The molecule has 1 aromatic rings. The summed E-state index contributed by atoms with van der Waals surface area (Å²) in [5, 5.41) is 5.85. The molecule has 7 heteroatoms.